The maximum atomic E-state index is 10.7. The van der Waals surface area contributed by atoms with E-state index < -0.39 is 17.9 Å². The molecule has 3 N–H and O–H groups in total. The van der Waals surface area contributed by atoms with Gasteiger partial charge in [-0.1, -0.05) is 24.6 Å². The SMILES string of the molecule is CC(C(=O)O)C(N)c1ccc(Cl)nc1. The van der Waals surface area contributed by atoms with Gasteiger partial charge in [-0.05, 0) is 11.6 Å². The average molecular weight is 215 g/mol. The minimum atomic E-state index is -0.924. The summed E-state index contributed by atoms with van der Waals surface area (Å²) in [5, 5.41) is 9.11. The monoisotopic (exact) mass is 214 g/mol. The second kappa shape index (κ2) is 4.39. The second-order valence-electron chi connectivity index (χ2n) is 3.07. The molecule has 0 aromatic carbocycles. The van der Waals surface area contributed by atoms with Crippen LogP contribution >= 0.6 is 11.6 Å². The molecule has 0 saturated heterocycles. The summed E-state index contributed by atoms with van der Waals surface area (Å²) in [6.45, 7) is 1.56. The molecule has 1 heterocycles. The van der Waals surface area contributed by atoms with Crippen LogP contribution in [0.4, 0.5) is 0 Å². The van der Waals surface area contributed by atoms with E-state index in [-0.39, 0.29) is 0 Å². The quantitative estimate of drug-likeness (QED) is 0.747. The number of rotatable bonds is 3. The van der Waals surface area contributed by atoms with Crippen LogP contribution in [0.1, 0.15) is 18.5 Å². The fourth-order valence-corrected chi connectivity index (χ4v) is 1.14. The second-order valence-corrected chi connectivity index (χ2v) is 3.45. The van der Waals surface area contributed by atoms with Crippen molar-refractivity contribution in [1.82, 2.24) is 4.98 Å². The van der Waals surface area contributed by atoms with Crippen LogP contribution in [-0.4, -0.2) is 16.1 Å². The lowest BCUT2D eigenvalue weighted by atomic mass is 9.97. The molecular weight excluding hydrogens is 204 g/mol. The summed E-state index contributed by atoms with van der Waals surface area (Å²) < 4.78 is 0. The zero-order valence-corrected chi connectivity index (χ0v) is 8.40. The first-order valence-electron chi connectivity index (χ1n) is 4.12. The molecule has 0 saturated carbocycles. The van der Waals surface area contributed by atoms with Crippen LogP contribution in [0.3, 0.4) is 0 Å². The number of hydrogen-bond acceptors (Lipinski definition) is 3. The van der Waals surface area contributed by atoms with Crippen molar-refractivity contribution in [2.75, 3.05) is 0 Å². The minimum Gasteiger partial charge on any atom is -0.481 e. The number of hydrogen-bond donors (Lipinski definition) is 2. The molecule has 1 aromatic heterocycles. The first kappa shape index (κ1) is 10.9. The highest BCUT2D eigenvalue weighted by Gasteiger charge is 2.21. The van der Waals surface area contributed by atoms with Gasteiger partial charge >= 0.3 is 5.97 Å². The summed E-state index contributed by atoms with van der Waals surface area (Å²) in [6.07, 6.45) is 1.49. The van der Waals surface area contributed by atoms with E-state index in [0.717, 1.165) is 0 Å². The first-order valence-corrected chi connectivity index (χ1v) is 4.50. The zero-order valence-electron chi connectivity index (χ0n) is 7.64. The lowest BCUT2D eigenvalue weighted by molar-refractivity contribution is -0.141. The molecule has 0 radical (unpaired) electrons. The van der Waals surface area contributed by atoms with Crippen LogP contribution < -0.4 is 5.73 Å². The Kier molecular flexibility index (Phi) is 3.43. The predicted octanol–water partition coefficient (Wildman–Crippen LogP) is 1.46. The highest BCUT2D eigenvalue weighted by molar-refractivity contribution is 6.29. The Bertz CT molecular complexity index is 326. The van der Waals surface area contributed by atoms with Gasteiger partial charge in [0.2, 0.25) is 0 Å². The van der Waals surface area contributed by atoms with E-state index in [1.807, 2.05) is 0 Å². The third-order valence-electron chi connectivity index (χ3n) is 2.06. The molecule has 4 nitrogen and oxygen atoms in total. The Hall–Kier alpha value is -1.13. The summed E-state index contributed by atoms with van der Waals surface area (Å²) in [6, 6.07) is 2.71. The predicted molar refractivity (Wildman–Crippen MR) is 53.0 cm³/mol. The lowest BCUT2D eigenvalue weighted by Crippen LogP contribution is -2.25. The molecular formula is C9H11ClN2O2. The molecule has 2 atom stereocenters. The van der Waals surface area contributed by atoms with E-state index in [0.29, 0.717) is 10.7 Å². The van der Waals surface area contributed by atoms with Crippen molar-refractivity contribution in [2.24, 2.45) is 11.7 Å². The molecule has 5 heteroatoms. The van der Waals surface area contributed by atoms with Crippen molar-refractivity contribution in [3.05, 3.63) is 29.0 Å². The van der Waals surface area contributed by atoms with Crippen molar-refractivity contribution < 1.29 is 9.90 Å². The number of aromatic nitrogens is 1. The zero-order chi connectivity index (χ0) is 10.7. The molecule has 14 heavy (non-hydrogen) atoms. The lowest BCUT2D eigenvalue weighted by Gasteiger charge is -2.15. The van der Waals surface area contributed by atoms with E-state index >= 15 is 0 Å². The Balaban J connectivity index is 2.84. The van der Waals surface area contributed by atoms with Gasteiger partial charge < -0.3 is 10.8 Å². The maximum Gasteiger partial charge on any atom is 0.308 e. The third kappa shape index (κ3) is 2.43. The van der Waals surface area contributed by atoms with Crippen LogP contribution in [0.15, 0.2) is 18.3 Å². The van der Waals surface area contributed by atoms with Gasteiger partial charge in [0.1, 0.15) is 5.15 Å². The summed E-state index contributed by atoms with van der Waals surface area (Å²) in [5.41, 5.74) is 6.40. The van der Waals surface area contributed by atoms with Gasteiger partial charge in [-0.15, -0.1) is 0 Å². The van der Waals surface area contributed by atoms with Gasteiger partial charge in [0.15, 0.2) is 0 Å². The smallest absolute Gasteiger partial charge is 0.308 e. The van der Waals surface area contributed by atoms with Gasteiger partial charge in [-0.3, -0.25) is 4.79 Å². The number of carboxylic acid groups (broad SMARTS) is 1. The number of nitrogens with two attached hydrogens (primary N) is 1. The highest BCUT2D eigenvalue weighted by Crippen LogP contribution is 2.19. The van der Waals surface area contributed by atoms with Crippen molar-refractivity contribution >= 4 is 17.6 Å². The number of carbonyl (C=O) groups is 1. The molecule has 2 unspecified atom stereocenters. The van der Waals surface area contributed by atoms with Gasteiger partial charge in [0, 0.05) is 12.2 Å². The van der Waals surface area contributed by atoms with Gasteiger partial charge in [-0.25, -0.2) is 4.98 Å². The first-order chi connectivity index (χ1) is 6.52. The Morgan fingerprint density at radius 1 is 1.64 bits per heavy atom. The fraction of sp³-hybridized carbons (Fsp3) is 0.333. The largest absolute Gasteiger partial charge is 0.481 e. The van der Waals surface area contributed by atoms with Gasteiger partial charge in [0.25, 0.3) is 0 Å². The van der Waals surface area contributed by atoms with E-state index in [9.17, 15) is 4.79 Å². The number of nitrogens with zero attached hydrogens (tertiary/aromatic N) is 1. The Labute approximate surface area is 86.7 Å². The number of carboxylic acids is 1. The molecule has 0 aliphatic carbocycles. The molecule has 0 spiro atoms. The van der Waals surface area contributed by atoms with Crippen LogP contribution in [0.2, 0.25) is 5.15 Å². The van der Waals surface area contributed by atoms with E-state index in [1.165, 1.54) is 6.20 Å². The number of halogens is 1. The van der Waals surface area contributed by atoms with E-state index in [1.54, 1.807) is 19.1 Å². The molecule has 1 aromatic rings. The van der Waals surface area contributed by atoms with Crippen molar-refractivity contribution in [3.63, 3.8) is 0 Å². The molecule has 0 fully saturated rings. The van der Waals surface area contributed by atoms with Crippen LogP contribution in [0, 0.1) is 5.92 Å². The molecule has 0 amide bonds. The van der Waals surface area contributed by atoms with Crippen LogP contribution in [0.5, 0.6) is 0 Å². The minimum absolute atomic E-state index is 0.365. The summed E-state index contributed by atoms with van der Waals surface area (Å²) in [5.74, 6) is -1.56. The highest BCUT2D eigenvalue weighted by atomic mass is 35.5. The van der Waals surface area contributed by atoms with Gasteiger partial charge in [-0.2, -0.15) is 0 Å². The fourth-order valence-electron chi connectivity index (χ4n) is 1.03. The molecule has 0 aliphatic rings. The maximum absolute atomic E-state index is 10.7. The summed E-state index contributed by atoms with van der Waals surface area (Å²) in [4.78, 5) is 14.5. The average Bonchev–Trinajstić information content (AvgIpc) is 2.16. The van der Waals surface area contributed by atoms with Crippen molar-refractivity contribution in [1.29, 1.82) is 0 Å². The molecule has 0 bridgehead atoms. The van der Waals surface area contributed by atoms with Gasteiger partial charge in [0.05, 0.1) is 5.92 Å². The molecule has 0 aliphatic heterocycles. The number of pyridine rings is 1. The van der Waals surface area contributed by atoms with Crippen molar-refractivity contribution in [3.8, 4) is 0 Å². The normalized spacial score (nSPS) is 14.8. The Morgan fingerprint density at radius 3 is 2.71 bits per heavy atom. The van der Waals surface area contributed by atoms with Crippen molar-refractivity contribution in [2.45, 2.75) is 13.0 Å². The number of aliphatic carboxylic acids is 1. The summed E-state index contributed by atoms with van der Waals surface area (Å²) >= 11 is 5.59. The molecule has 1 rings (SSSR count). The topological polar surface area (TPSA) is 76.2 Å². The Morgan fingerprint density at radius 2 is 2.29 bits per heavy atom. The van der Waals surface area contributed by atoms with Crippen LogP contribution in [-0.2, 0) is 4.79 Å². The van der Waals surface area contributed by atoms with E-state index in [4.69, 9.17) is 22.4 Å². The van der Waals surface area contributed by atoms with E-state index in [2.05, 4.69) is 4.98 Å². The molecule has 76 valence electrons. The standard InChI is InChI=1S/C9H11ClN2O2/c1-5(9(13)14)8(11)6-2-3-7(10)12-4-6/h2-5,8H,11H2,1H3,(H,13,14). The summed E-state index contributed by atoms with van der Waals surface area (Å²) in [7, 11) is 0. The third-order valence-corrected chi connectivity index (χ3v) is 2.29. The van der Waals surface area contributed by atoms with Crippen LogP contribution in [0.25, 0.3) is 0 Å².